The fraction of sp³-hybridized carbons (Fsp3) is 0.526. The topological polar surface area (TPSA) is 61.8 Å². The Morgan fingerprint density at radius 1 is 1.23 bits per heavy atom. The molecule has 5 nitrogen and oxygen atoms in total. The molecular formula is C19H27BrKNO4. The van der Waals surface area contributed by atoms with Gasteiger partial charge in [0.05, 0.1) is 11.6 Å². The second kappa shape index (κ2) is 13.2. The van der Waals surface area contributed by atoms with Crippen molar-refractivity contribution in [1.82, 2.24) is 4.90 Å². The molecule has 0 bridgehead atoms. The Hall–Kier alpha value is -0.0536. The quantitative estimate of drug-likeness (QED) is 0.333. The Balaban J connectivity index is 0.00000625. The Kier molecular flexibility index (Phi) is 13.2. The van der Waals surface area contributed by atoms with Gasteiger partial charge in [0.25, 0.3) is 0 Å². The molecular weight excluding hydrogens is 425 g/mol. The molecule has 0 saturated heterocycles. The Bertz CT molecular complexity index is 573. The second-order valence-corrected chi connectivity index (χ2v) is 7.30. The summed E-state index contributed by atoms with van der Waals surface area (Å²) in [6.45, 7) is 7.77. The minimum Gasteiger partial charge on any atom is -0.612 e. The standard InChI is InChI=1S/C19H28BrNO4.K/c1-5-24-17(22)16(14-15-10-7-6-8-11-15)21(13-9-12-20)18(23)25-19(2,3)4;/h6-8,10-11,22H,5,9,12-14H2,1-4H3;/q;+1/p-1. The molecule has 0 unspecified atom stereocenters. The first-order valence-electron chi connectivity index (χ1n) is 8.41. The van der Waals surface area contributed by atoms with Crippen molar-refractivity contribution in [1.29, 1.82) is 0 Å². The van der Waals surface area contributed by atoms with E-state index in [1.807, 2.05) is 30.3 Å². The molecule has 7 heteroatoms. The van der Waals surface area contributed by atoms with E-state index in [-0.39, 0.29) is 58.0 Å². The molecule has 0 aliphatic heterocycles. The van der Waals surface area contributed by atoms with Crippen LogP contribution in [0, 0.1) is 0 Å². The van der Waals surface area contributed by atoms with Crippen LogP contribution in [0.2, 0.25) is 0 Å². The molecule has 140 valence electrons. The zero-order valence-electron chi connectivity index (χ0n) is 16.4. The van der Waals surface area contributed by atoms with Crippen molar-refractivity contribution in [2.75, 3.05) is 18.5 Å². The zero-order chi connectivity index (χ0) is 18.9. The smallest absolute Gasteiger partial charge is 0.612 e. The number of allylic oxidation sites excluding steroid dienone is 1. The van der Waals surface area contributed by atoms with Gasteiger partial charge in [0.2, 0.25) is 0 Å². The predicted molar refractivity (Wildman–Crippen MR) is 100 cm³/mol. The van der Waals surface area contributed by atoms with E-state index in [2.05, 4.69) is 15.9 Å². The first kappa shape index (κ1) is 25.9. The molecule has 0 atom stereocenters. The molecule has 0 aliphatic rings. The van der Waals surface area contributed by atoms with Gasteiger partial charge in [-0.25, -0.2) is 4.79 Å². The van der Waals surface area contributed by atoms with Crippen LogP contribution in [0.3, 0.4) is 0 Å². The number of ether oxygens (including phenoxy) is 2. The van der Waals surface area contributed by atoms with E-state index in [0.717, 1.165) is 5.56 Å². The summed E-state index contributed by atoms with van der Waals surface area (Å²) in [5.41, 5.74) is 0.581. The number of hydrogen-bond donors (Lipinski definition) is 0. The van der Waals surface area contributed by atoms with Gasteiger partial charge in [-0.1, -0.05) is 53.2 Å². The van der Waals surface area contributed by atoms with Gasteiger partial charge in [-0.15, -0.1) is 0 Å². The first-order valence-corrected chi connectivity index (χ1v) is 9.54. The van der Waals surface area contributed by atoms with Gasteiger partial charge in [-0.2, -0.15) is 0 Å². The van der Waals surface area contributed by atoms with Crippen LogP contribution in [0.4, 0.5) is 4.79 Å². The van der Waals surface area contributed by atoms with Crippen LogP contribution in [0.25, 0.3) is 0 Å². The summed E-state index contributed by atoms with van der Waals surface area (Å²) in [4.78, 5) is 14.1. The minimum atomic E-state index is -0.643. The summed E-state index contributed by atoms with van der Waals surface area (Å²) in [7, 11) is 0. The summed E-state index contributed by atoms with van der Waals surface area (Å²) in [6, 6.07) is 9.53. The van der Waals surface area contributed by atoms with Gasteiger partial charge in [-0.3, -0.25) is 4.90 Å². The number of carbonyl (C=O) groups is 1. The number of nitrogens with zero attached hydrogens (tertiary/aromatic N) is 1. The van der Waals surface area contributed by atoms with Crippen molar-refractivity contribution in [2.24, 2.45) is 0 Å². The maximum atomic E-state index is 12.7. The minimum absolute atomic E-state index is 0. The van der Waals surface area contributed by atoms with Crippen LogP contribution in [0.15, 0.2) is 42.0 Å². The fourth-order valence-electron chi connectivity index (χ4n) is 2.15. The van der Waals surface area contributed by atoms with Gasteiger partial charge < -0.3 is 14.6 Å². The monoisotopic (exact) mass is 451 g/mol. The maximum Gasteiger partial charge on any atom is 1.00 e. The normalized spacial score (nSPS) is 11.9. The zero-order valence-corrected chi connectivity index (χ0v) is 21.1. The number of rotatable bonds is 8. The second-order valence-electron chi connectivity index (χ2n) is 6.50. The molecule has 0 saturated carbocycles. The van der Waals surface area contributed by atoms with E-state index < -0.39 is 17.6 Å². The van der Waals surface area contributed by atoms with Crippen molar-refractivity contribution in [3.05, 3.63) is 47.5 Å². The summed E-state index contributed by atoms with van der Waals surface area (Å²) in [6.07, 6.45) is 0.463. The van der Waals surface area contributed by atoms with Crippen molar-refractivity contribution < 1.29 is 70.8 Å². The van der Waals surface area contributed by atoms with Gasteiger partial charge in [0.1, 0.15) is 5.60 Å². The molecule has 26 heavy (non-hydrogen) atoms. The molecule has 0 heterocycles. The molecule has 0 fully saturated rings. The van der Waals surface area contributed by atoms with Gasteiger partial charge in [0.15, 0.2) is 0 Å². The van der Waals surface area contributed by atoms with Crippen LogP contribution >= 0.6 is 15.9 Å². The van der Waals surface area contributed by atoms with Crippen molar-refractivity contribution in [3.8, 4) is 0 Å². The van der Waals surface area contributed by atoms with Crippen LogP contribution in [0.1, 0.15) is 39.7 Å². The average Bonchev–Trinajstić information content (AvgIpc) is 2.53. The van der Waals surface area contributed by atoms with E-state index in [9.17, 15) is 9.90 Å². The number of benzene rings is 1. The van der Waals surface area contributed by atoms with E-state index in [1.165, 1.54) is 4.90 Å². The molecule has 1 amide bonds. The van der Waals surface area contributed by atoms with E-state index in [4.69, 9.17) is 9.47 Å². The third-order valence-corrected chi connectivity index (χ3v) is 3.74. The molecule has 1 aromatic carbocycles. The predicted octanol–water partition coefficient (Wildman–Crippen LogP) is 0.821. The fourth-order valence-corrected chi connectivity index (χ4v) is 2.40. The number of carbonyl (C=O) groups excluding carboxylic acids is 1. The van der Waals surface area contributed by atoms with Gasteiger partial charge in [-0.05, 0) is 39.4 Å². The molecule has 1 rings (SSSR count). The SMILES string of the molecule is CCOC([O-])=C(Cc1ccccc1)N(CCCBr)C(=O)OC(C)(C)C.[K+]. The first-order chi connectivity index (χ1) is 11.8. The maximum absolute atomic E-state index is 12.7. The number of alkyl halides is 1. The third-order valence-electron chi connectivity index (χ3n) is 3.18. The van der Waals surface area contributed by atoms with Gasteiger partial charge in [0, 0.05) is 18.3 Å². The van der Waals surface area contributed by atoms with Crippen molar-refractivity contribution >= 4 is 22.0 Å². The number of amides is 1. The summed E-state index contributed by atoms with van der Waals surface area (Å²) < 4.78 is 10.7. The summed E-state index contributed by atoms with van der Waals surface area (Å²) >= 11 is 3.37. The Morgan fingerprint density at radius 2 is 1.85 bits per heavy atom. The summed E-state index contributed by atoms with van der Waals surface area (Å²) in [5, 5.41) is 13.2. The van der Waals surface area contributed by atoms with Crippen molar-refractivity contribution in [3.63, 3.8) is 0 Å². The van der Waals surface area contributed by atoms with Crippen LogP contribution in [-0.4, -0.2) is 35.1 Å². The third kappa shape index (κ3) is 9.76. The van der Waals surface area contributed by atoms with Crippen molar-refractivity contribution in [2.45, 2.75) is 46.1 Å². The van der Waals surface area contributed by atoms with E-state index in [1.54, 1.807) is 27.7 Å². The molecule has 0 aliphatic carbocycles. The molecule has 0 N–H and O–H groups in total. The van der Waals surface area contributed by atoms with Crippen LogP contribution < -0.4 is 56.5 Å². The number of halogens is 1. The average molecular weight is 452 g/mol. The van der Waals surface area contributed by atoms with E-state index in [0.29, 0.717) is 30.4 Å². The summed E-state index contributed by atoms with van der Waals surface area (Å²) in [5.74, 6) is -0.494. The van der Waals surface area contributed by atoms with E-state index >= 15 is 0 Å². The molecule has 0 spiro atoms. The molecule has 0 radical (unpaired) electrons. The van der Waals surface area contributed by atoms with Crippen LogP contribution in [-0.2, 0) is 15.9 Å². The molecule has 1 aromatic rings. The Labute approximate surface area is 207 Å². The molecule has 0 aromatic heterocycles. The van der Waals surface area contributed by atoms with Gasteiger partial charge >= 0.3 is 57.5 Å². The number of hydrogen-bond acceptors (Lipinski definition) is 4. The largest absolute Gasteiger partial charge is 1.00 e. The van der Waals surface area contributed by atoms with Crippen LogP contribution in [0.5, 0.6) is 0 Å². The Morgan fingerprint density at radius 3 is 2.35 bits per heavy atom.